The van der Waals surface area contributed by atoms with Gasteiger partial charge >= 0.3 is 0 Å². The van der Waals surface area contributed by atoms with Crippen LogP contribution in [0.5, 0.6) is 0 Å². The molecule has 9 aromatic rings. The smallest absolute Gasteiger partial charge is 0.117 e. The zero-order chi connectivity index (χ0) is 37.0. The van der Waals surface area contributed by atoms with E-state index in [-0.39, 0.29) is 0 Å². The first-order chi connectivity index (χ1) is 27.8. The van der Waals surface area contributed by atoms with Gasteiger partial charge in [-0.1, -0.05) is 109 Å². The fourth-order valence-corrected chi connectivity index (χ4v) is 8.72. The van der Waals surface area contributed by atoms with Crippen LogP contribution in [0.2, 0.25) is 0 Å². The molecule has 1 atom stereocenters. The third kappa shape index (κ3) is 5.41. The van der Waals surface area contributed by atoms with Gasteiger partial charge in [-0.2, -0.15) is 0 Å². The Morgan fingerprint density at radius 3 is 1.36 bits per heavy atom. The van der Waals surface area contributed by atoms with Crippen molar-refractivity contribution in [3.05, 3.63) is 188 Å². The number of rotatable bonds is 6. The number of fused-ring (bicyclic) bond motifs is 6. The molecular weight excluding hydrogens is 685 g/mol. The van der Waals surface area contributed by atoms with E-state index in [1.807, 2.05) is 0 Å². The topological polar surface area (TPSA) is 58.0 Å². The SMILES string of the molecule is C1=CC2=CC=C(N(c3ccc4ccccc4c3)c3c4nccnc4c(N(c4ccc5ccccc5c4)c4ccc5ccccc5c4)c4nccnc34)CC2CC1. The molecule has 56 heavy (non-hydrogen) atoms. The van der Waals surface area contributed by atoms with Crippen LogP contribution in [0.1, 0.15) is 19.3 Å². The maximum absolute atomic E-state index is 5.19. The lowest BCUT2D eigenvalue weighted by atomic mass is 9.82. The van der Waals surface area contributed by atoms with Crippen LogP contribution in [0.3, 0.4) is 0 Å². The molecule has 2 aliphatic rings. The van der Waals surface area contributed by atoms with Gasteiger partial charge in [-0.15, -0.1) is 0 Å². The van der Waals surface area contributed by atoms with E-state index in [0.29, 0.717) is 5.92 Å². The fraction of sp³-hybridized carbons (Fsp3) is 0.0800. The summed E-state index contributed by atoms with van der Waals surface area (Å²) in [4.78, 5) is 25.4. The van der Waals surface area contributed by atoms with E-state index in [0.717, 1.165) is 80.5 Å². The average Bonchev–Trinajstić information content (AvgIpc) is 3.27. The highest BCUT2D eigenvalue weighted by atomic mass is 15.2. The van der Waals surface area contributed by atoms with Gasteiger partial charge in [0.15, 0.2) is 0 Å². The van der Waals surface area contributed by atoms with Crippen molar-refractivity contribution >= 4 is 82.8 Å². The highest BCUT2D eigenvalue weighted by molar-refractivity contribution is 6.18. The predicted molar refractivity (Wildman–Crippen MR) is 231 cm³/mol. The van der Waals surface area contributed by atoms with Crippen LogP contribution in [0.25, 0.3) is 54.4 Å². The van der Waals surface area contributed by atoms with Crippen molar-refractivity contribution < 1.29 is 0 Å². The lowest BCUT2D eigenvalue weighted by Gasteiger charge is -2.35. The molecule has 0 bridgehead atoms. The van der Waals surface area contributed by atoms with Crippen LogP contribution in [0.15, 0.2) is 188 Å². The molecule has 0 spiro atoms. The van der Waals surface area contributed by atoms with Gasteiger partial charge in [0.1, 0.15) is 33.4 Å². The van der Waals surface area contributed by atoms with E-state index in [1.54, 1.807) is 24.8 Å². The van der Waals surface area contributed by atoms with Gasteiger partial charge in [0, 0.05) is 47.5 Å². The van der Waals surface area contributed by atoms with E-state index in [9.17, 15) is 0 Å². The monoisotopic (exact) mass is 720 g/mol. The summed E-state index contributed by atoms with van der Waals surface area (Å²) >= 11 is 0. The number of hydrogen-bond donors (Lipinski definition) is 0. The minimum Gasteiger partial charge on any atom is -0.310 e. The molecule has 11 rings (SSSR count). The zero-order valence-electron chi connectivity index (χ0n) is 30.6. The van der Waals surface area contributed by atoms with E-state index >= 15 is 0 Å². The number of hydrogen-bond acceptors (Lipinski definition) is 6. The summed E-state index contributed by atoms with van der Waals surface area (Å²) in [6.07, 6.45) is 19.5. The van der Waals surface area contributed by atoms with Crippen LogP contribution in [-0.4, -0.2) is 19.9 Å². The fourth-order valence-electron chi connectivity index (χ4n) is 8.72. The third-order valence-corrected chi connectivity index (χ3v) is 11.4. The normalized spacial score (nSPS) is 15.2. The van der Waals surface area contributed by atoms with E-state index < -0.39 is 0 Å². The van der Waals surface area contributed by atoms with Crippen molar-refractivity contribution in [2.45, 2.75) is 19.3 Å². The first kappa shape index (κ1) is 32.3. The summed E-state index contributed by atoms with van der Waals surface area (Å²) in [6.45, 7) is 0. The van der Waals surface area contributed by atoms with Gasteiger partial charge in [-0.05, 0) is 106 Å². The Morgan fingerprint density at radius 2 is 0.875 bits per heavy atom. The largest absolute Gasteiger partial charge is 0.310 e. The molecule has 0 saturated carbocycles. The molecule has 7 aromatic carbocycles. The molecule has 0 radical (unpaired) electrons. The lowest BCUT2D eigenvalue weighted by Crippen LogP contribution is -2.23. The summed E-state index contributed by atoms with van der Waals surface area (Å²) in [5.41, 5.74) is 10.3. The maximum atomic E-state index is 5.19. The number of allylic oxidation sites excluding steroid dienone is 6. The second kappa shape index (κ2) is 13.3. The Hall–Kier alpha value is -7.18. The Balaban J connectivity index is 1.22. The van der Waals surface area contributed by atoms with Gasteiger partial charge in [0.05, 0.1) is 0 Å². The lowest BCUT2D eigenvalue weighted by molar-refractivity contribution is 0.547. The van der Waals surface area contributed by atoms with Crippen molar-refractivity contribution in [3.63, 3.8) is 0 Å². The first-order valence-electron chi connectivity index (χ1n) is 19.3. The molecular formula is C50H36N6. The molecule has 0 aliphatic heterocycles. The summed E-state index contributed by atoms with van der Waals surface area (Å²) in [5, 5.41) is 7.02. The van der Waals surface area contributed by atoms with Gasteiger partial charge in [0.25, 0.3) is 0 Å². The highest BCUT2D eigenvalue weighted by Gasteiger charge is 2.31. The third-order valence-electron chi connectivity index (χ3n) is 11.4. The zero-order valence-corrected chi connectivity index (χ0v) is 30.6. The van der Waals surface area contributed by atoms with Crippen molar-refractivity contribution in [1.29, 1.82) is 0 Å². The van der Waals surface area contributed by atoms with Gasteiger partial charge in [-0.25, -0.2) is 0 Å². The standard InChI is InChI=1S/C50H36N6/c1-5-13-37-29-41(21-17-33(37)9-1)55(42-22-18-34-10-2-6-14-38(34)30-42)49-45-47(53-27-25-51-45)50(48-46(49)52-26-28-54-48)56(43-23-19-35-11-3-7-15-39(35)31-43)44-24-20-36-12-4-8-16-40(36)32-44/h1-7,9-15,17-31,40H,8,16,32H2. The van der Waals surface area contributed by atoms with Crippen LogP contribution < -0.4 is 9.80 Å². The summed E-state index contributed by atoms with van der Waals surface area (Å²) < 4.78 is 0. The van der Waals surface area contributed by atoms with Crippen LogP contribution in [0, 0.1) is 5.92 Å². The Morgan fingerprint density at radius 1 is 0.446 bits per heavy atom. The van der Waals surface area contributed by atoms with Crippen molar-refractivity contribution in [2.24, 2.45) is 5.92 Å². The van der Waals surface area contributed by atoms with E-state index in [1.165, 1.54) is 32.8 Å². The summed E-state index contributed by atoms with van der Waals surface area (Å²) in [6, 6.07) is 45.5. The molecule has 2 aromatic heterocycles. The van der Waals surface area contributed by atoms with Crippen molar-refractivity contribution in [3.8, 4) is 0 Å². The Kier molecular flexibility index (Phi) is 7.66. The average molecular weight is 721 g/mol. The number of benzene rings is 7. The molecule has 0 saturated heterocycles. The molecule has 6 heteroatoms. The van der Waals surface area contributed by atoms with Crippen molar-refractivity contribution in [1.82, 2.24) is 19.9 Å². The highest BCUT2D eigenvalue weighted by Crippen LogP contribution is 2.50. The van der Waals surface area contributed by atoms with Gasteiger partial charge in [0.2, 0.25) is 0 Å². The van der Waals surface area contributed by atoms with E-state index in [2.05, 4.69) is 161 Å². The molecule has 2 aliphatic carbocycles. The second-order valence-corrected chi connectivity index (χ2v) is 14.7. The summed E-state index contributed by atoms with van der Waals surface area (Å²) in [5.74, 6) is 0.438. The molecule has 1 unspecified atom stereocenters. The number of nitrogens with zero attached hydrogens (tertiary/aromatic N) is 6. The maximum Gasteiger partial charge on any atom is 0.117 e. The van der Waals surface area contributed by atoms with Crippen LogP contribution in [-0.2, 0) is 0 Å². The molecule has 6 nitrogen and oxygen atoms in total. The summed E-state index contributed by atoms with van der Waals surface area (Å²) in [7, 11) is 0. The van der Waals surface area contributed by atoms with Crippen LogP contribution in [0.4, 0.5) is 28.4 Å². The molecule has 266 valence electrons. The second-order valence-electron chi connectivity index (χ2n) is 14.7. The van der Waals surface area contributed by atoms with Gasteiger partial charge < -0.3 is 9.80 Å². The Bertz CT molecular complexity index is 2970. The Labute approximate surface area is 324 Å². The quantitative estimate of drug-likeness (QED) is 0.126. The minimum absolute atomic E-state index is 0.438. The van der Waals surface area contributed by atoms with E-state index in [4.69, 9.17) is 19.9 Å². The molecule has 0 N–H and O–H groups in total. The van der Waals surface area contributed by atoms with Crippen LogP contribution >= 0.6 is 0 Å². The number of anilines is 5. The van der Waals surface area contributed by atoms with Crippen molar-refractivity contribution in [2.75, 3.05) is 9.80 Å². The predicted octanol–water partition coefficient (Wildman–Crippen LogP) is 12.8. The first-order valence-corrected chi connectivity index (χ1v) is 19.3. The minimum atomic E-state index is 0.438. The van der Waals surface area contributed by atoms with Gasteiger partial charge in [-0.3, -0.25) is 19.9 Å². The number of aromatic nitrogens is 4. The molecule has 0 amide bonds. The molecule has 0 fully saturated rings. The molecule has 2 heterocycles.